The Morgan fingerprint density at radius 1 is 0.919 bits per heavy atom. The van der Waals surface area contributed by atoms with Gasteiger partial charge in [0.25, 0.3) is 5.91 Å². The third-order valence-electron chi connectivity index (χ3n) is 4.64. The van der Waals surface area contributed by atoms with E-state index in [0.29, 0.717) is 17.0 Å². The lowest BCUT2D eigenvalue weighted by Crippen LogP contribution is -2.32. The summed E-state index contributed by atoms with van der Waals surface area (Å²) < 4.78 is 48.9. The Morgan fingerprint density at radius 3 is 2.43 bits per heavy atom. The lowest BCUT2D eigenvalue weighted by Gasteiger charge is -2.10. The molecule has 0 radical (unpaired) electrons. The van der Waals surface area contributed by atoms with Crippen LogP contribution in [0.4, 0.5) is 24.5 Å². The van der Waals surface area contributed by atoms with E-state index in [1.165, 1.54) is 31.5 Å². The number of alkyl halides is 3. The van der Waals surface area contributed by atoms with Crippen LogP contribution in [0.3, 0.4) is 0 Å². The maximum Gasteiger partial charge on any atom is 0.416 e. The Morgan fingerprint density at radius 2 is 1.68 bits per heavy atom. The molecule has 0 bridgehead atoms. The van der Waals surface area contributed by atoms with Gasteiger partial charge in [-0.25, -0.2) is 5.43 Å². The van der Waals surface area contributed by atoms with Gasteiger partial charge in [-0.3, -0.25) is 14.4 Å². The second-order valence-electron chi connectivity index (χ2n) is 7.34. The molecule has 0 heterocycles. The van der Waals surface area contributed by atoms with E-state index in [9.17, 15) is 27.6 Å². The highest BCUT2D eigenvalue weighted by Crippen LogP contribution is 2.30. The summed E-state index contributed by atoms with van der Waals surface area (Å²) in [7, 11) is 1.43. The number of nitrogens with one attached hydrogen (secondary N) is 3. The summed E-state index contributed by atoms with van der Waals surface area (Å²) in [5, 5.41) is 8.47. The highest BCUT2D eigenvalue weighted by atomic mass is 19.4. The molecule has 37 heavy (non-hydrogen) atoms. The van der Waals surface area contributed by atoms with Crippen molar-refractivity contribution in [3.63, 3.8) is 0 Å². The molecule has 0 aromatic heterocycles. The van der Waals surface area contributed by atoms with E-state index in [4.69, 9.17) is 9.47 Å². The van der Waals surface area contributed by atoms with E-state index >= 15 is 0 Å². The van der Waals surface area contributed by atoms with Crippen molar-refractivity contribution in [2.75, 3.05) is 24.4 Å². The van der Waals surface area contributed by atoms with E-state index in [1.54, 1.807) is 42.5 Å². The zero-order chi connectivity index (χ0) is 26.8. The Balaban J connectivity index is 1.50. The molecule has 0 unspecified atom stereocenters. The number of carbonyl (C=O) groups excluding carboxylic acids is 3. The fraction of sp³-hybridized carbons (Fsp3) is 0.120. The summed E-state index contributed by atoms with van der Waals surface area (Å²) in [6.07, 6.45) is -3.28. The van der Waals surface area contributed by atoms with Crippen LogP contribution in [0.15, 0.2) is 77.9 Å². The molecule has 0 saturated heterocycles. The lowest BCUT2D eigenvalue weighted by molar-refractivity contribution is -0.137. The van der Waals surface area contributed by atoms with Crippen molar-refractivity contribution >= 4 is 35.3 Å². The van der Waals surface area contributed by atoms with Gasteiger partial charge in [-0.2, -0.15) is 18.3 Å². The van der Waals surface area contributed by atoms with Crippen molar-refractivity contribution in [2.45, 2.75) is 6.18 Å². The standard InChI is InChI=1S/C25H21F3N4O5/c1-36-21-11-3-2-10-20(21)31-23(34)24(35)32-29-14-16-6-4-9-19(12-16)37-15-22(33)30-18-8-5-7-17(13-18)25(26,27)28/h2-14H,15H2,1H3,(H,30,33)(H,31,34)(H,32,35). The van der Waals surface area contributed by atoms with Gasteiger partial charge in [0.2, 0.25) is 0 Å². The second-order valence-corrected chi connectivity index (χ2v) is 7.34. The molecule has 0 saturated carbocycles. The van der Waals surface area contributed by atoms with Gasteiger partial charge in [-0.1, -0.05) is 30.3 Å². The first-order chi connectivity index (χ1) is 17.7. The molecular weight excluding hydrogens is 493 g/mol. The van der Waals surface area contributed by atoms with Gasteiger partial charge in [-0.15, -0.1) is 0 Å². The predicted octanol–water partition coefficient (Wildman–Crippen LogP) is 3.82. The number of benzene rings is 3. The molecule has 0 spiro atoms. The third kappa shape index (κ3) is 8.09. The molecule has 0 fully saturated rings. The van der Waals surface area contributed by atoms with Crippen LogP contribution in [0.25, 0.3) is 0 Å². The molecule has 3 amide bonds. The number of methoxy groups -OCH3 is 1. The zero-order valence-electron chi connectivity index (χ0n) is 19.3. The number of hydrogen-bond donors (Lipinski definition) is 3. The van der Waals surface area contributed by atoms with Gasteiger partial charge in [0.1, 0.15) is 11.5 Å². The third-order valence-corrected chi connectivity index (χ3v) is 4.64. The SMILES string of the molecule is COc1ccccc1NC(=O)C(=O)NN=Cc1cccc(OCC(=O)Nc2cccc(C(F)(F)F)c2)c1. The molecule has 0 atom stereocenters. The van der Waals surface area contributed by atoms with Crippen LogP contribution < -0.4 is 25.5 Å². The fourth-order valence-electron chi connectivity index (χ4n) is 2.95. The number of hydrazone groups is 1. The average Bonchev–Trinajstić information content (AvgIpc) is 2.87. The van der Waals surface area contributed by atoms with Crippen LogP contribution in [0, 0.1) is 0 Å². The van der Waals surface area contributed by atoms with E-state index in [2.05, 4.69) is 21.2 Å². The molecule has 3 N–H and O–H groups in total. The van der Waals surface area contributed by atoms with Gasteiger partial charge in [-0.05, 0) is 48.0 Å². The number of carbonyl (C=O) groups is 3. The molecule has 0 aliphatic carbocycles. The minimum atomic E-state index is -4.53. The molecule has 3 aromatic rings. The van der Waals surface area contributed by atoms with Crippen LogP contribution in [-0.2, 0) is 20.6 Å². The maximum absolute atomic E-state index is 12.8. The topological polar surface area (TPSA) is 118 Å². The molecular formula is C25H21F3N4O5. The molecule has 3 rings (SSSR count). The molecule has 3 aromatic carbocycles. The van der Waals surface area contributed by atoms with Crippen LogP contribution >= 0.6 is 0 Å². The Bertz CT molecular complexity index is 1310. The number of amides is 3. The van der Waals surface area contributed by atoms with Gasteiger partial charge >= 0.3 is 18.0 Å². The zero-order valence-corrected chi connectivity index (χ0v) is 19.3. The van der Waals surface area contributed by atoms with Gasteiger partial charge < -0.3 is 20.1 Å². The quantitative estimate of drug-likeness (QED) is 0.240. The van der Waals surface area contributed by atoms with E-state index in [-0.39, 0.29) is 11.4 Å². The summed E-state index contributed by atoms with van der Waals surface area (Å²) in [4.78, 5) is 36.1. The van der Waals surface area contributed by atoms with Gasteiger partial charge in [0, 0.05) is 5.69 Å². The van der Waals surface area contributed by atoms with Crippen molar-refractivity contribution < 1.29 is 37.0 Å². The number of ether oxygens (including phenoxy) is 2. The van der Waals surface area contributed by atoms with Crippen LogP contribution in [0.1, 0.15) is 11.1 Å². The van der Waals surface area contributed by atoms with Crippen molar-refractivity contribution in [1.29, 1.82) is 0 Å². The average molecular weight is 514 g/mol. The predicted molar refractivity (Wildman–Crippen MR) is 129 cm³/mol. The fourth-order valence-corrected chi connectivity index (χ4v) is 2.95. The largest absolute Gasteiger partial charge is 0.495 e. The lowest BCUT2D eigenvalue weighted by atomic mass is 10.2. The molecule has 12 heteroatoms. The monoisotopic (exact) mass is 514 g/mol. The summed E-state index contributed by atoms with van der Waals surface area (Å²) in [5.41, 5.74) is 1.98. The van der Waals surface area contributed by atoms with Gasteiger partial charge in [0.15, 0.2) is 6.61 Å². The normalized spacial score (nSPS) is 11.0. The number of rotatable bonds is 8. The number of nitrogens with zero attached hydrogens (tertiary/aromatic N) is 1. The maximum atomic E-state index is 12.8. The van der Waals surface area contributed by atoms with Crippen molar-refractivity contribution in [3.05, 3.63) is 83.9 Å². The Hall–Kier alpha value is -4.87. The summed E-state index contributed by atoms with van der Waals surface area (Å²) in [5.74, 6) is -1.98. The highest BCUT2D eigenvalue weighted by molar-refractivity contribution is 6.39. The minimum Gasteiger partial charge on any atom is -0.495 e. The van der Waals surface area contributed by atoms with E-state index in [1.807, 2.05) is 0 Å². The molecule has 192 valence electrons. The highest BCUT2D eigenvalue weighted by Gasteiger charge is 2.30. The number of halogens is 3. The smallest absolute Gasteiger partial charge is 0.416 e. The first-order valence-electron chi connectivity index (χ1n) is 10.6. The van der Waals surface area contributed by atoms with Gasteiger partial charge in [0.05, 0.1) is 24.6 Å². The Kier molecular flexibility index (Phi) is 8.81. The van der Waals surface area contributed by atoms with Crippen molar-refractivity contribution in [3.8, 4) is 11.5 Å². The van der Waals surface area contributed by atoms with Crippen molar-refractivity contribution in [1.82, 2.24) is 5.43 Å². The second kappa shape index (κ2) is 12.2. The molecule has 0 aliphatic heterocycles. The molecule has 0 aliphatic rings. The first kappa shape index (κ1) is 26.7. The Labute approximate surface area is 209 Å². The van der Waals surface area contributed by atoms with E-state index < -0.39 is 36.1 Å². The molecule has 9 nitrogen and oxygen atoms in total. The summed E-state index contributed by atoms with van der Waals surface area (Å²) >= 11 is 0. The number of para-hydroxylation sites is 2. The van der Waals surface area contributed by atoms with Crippen LogP contribution in [0.5, 0.6) is 11.5 Å². The number of hydrogen-bond acceptors (Lipinski definition) is 6. The van der Waals surface area contributed by atoms with Crippen LogP contribution in [0.2, 0.25) is 0 Å². The number of anilines is 2. The first-order valence-corrected chi connectivity index (χ1v) is 10.6. The summed E-state index contributed by atoms with van der Waals surface area (Å²) in [6.45, 7) is -0.462. The van der Waals surface area contributed by atoms with Crippen molar-refractivity contribution in [2.24, 2.45) is 5.10 Å². The minimum absolute atomic E-state index is 0.0187. The summed E-state index contributed by atoms with van der Waals surface area (Å²) in [6, 6.07) is 17.1. The van der Waals surface area contributed by atoms with Crippen LogP contribution in [-0.4, -0.2) is 37.7 Å². The van der Waals surface area contributed by atoms with E-state index in [0.717, 1.165) is 12.1 Å².